The van der Waals surface area contributed by atoms with Crippen LogP contribution in [0.5, 0.6) is 5.75 Å². The van der Waals surface area contributed by atoms with Gasteiger partial charge in [-0.3, -0.25) is 43.0 Å². The second-order valence-corrected chi connectivity index (χ2v) is 31.6. The summed E-state index contributed by atoms with van der Waals surface area (Å²) in [6.07, 6.45) is 1.66. The molecule has 4 aliphatic rings. The SMILES string of the molecule is Cc1cc(C)n(C2C(=O)N(c3cc(Cl)ccc3Cl)N=C2NC(=O)c2ccccc2)n1.Cc1ccc(OC2C(=O)N(c3cc(Cl)ccc3Cl)N=C2NC(=O)c2ccccc2)cc1.O=C(NC1=NN(c2c(Cl)cc(Cl)cc2Cl)C(=O)C1n1cc(Cl)cn1)c1ccccc1.O=C(NC1=NN(c2c(Cl)cc(Cl)cc2Cl)C(=O)C1n1nnc2ccccc21)c1ccccc1. The van der Waals surface area contributed by atoms with E-state index in [9.17, 15) is 38.4 Å². The molecule has 17 rings (SSSR count). The fourth-order valence-corrected chi connectivity index (χ4v) is 15.5. The predicted molar refractivity (Wildman–Crippen MR) is 480 cm³/mol. The average molecular weight is 1880 g/mol. The van der Waals surface area contributed by atoms with E-state index in [2.05, 4.69) is 62.2 Å². The number of carbonyl (C=O) groups is 8. The van der Waals surface area contributed by atoms with E-state index in [1.807, 2.05) is 51.1 Å². The van der Waals surface area contributed by atoms with Gasteiger partial charge in [0.25, 0.3) is 47.3 Å². The van der Waals surface area contributed by atoms with E-state index in [0.29, 0.717) is 80.5 Å². The molecule has 7 heterocycles. The Morgan fingerprint density at radius 1 is 0.371 bits per heavy atom. The number of hydrazone groups is 4. The number of benzene rings is 10. The van der Waals surface area contributed by atoms with E-state index in [1.165, 1.54) is 52.1 Å². The Labute approximate surface area is 759 Å². The smallest absolute Gasteiger partial charge is 0.296 e. The lowest BCUT2D eigenvalue weighted by atomic mass is 10.2. The molecule has 4 N–H and O–H groups in total. The first kappa shape index (κ1) is 87.8. The third kappa shape index (κ3) is 19.6. The number of amides is 8. The summed E-state index contributed by atoms with van der Waals surface area (Å²) in [6.45, 7) is 5.60. The third-order valence-corrected chi connectivity index (χ3v) is 21.3. The van der Waals surface area contributed by atoms with Crippen LogP contribution in [0.15, 0.2) is 269 Å². The van der Waals surface area contributed by atoms with E-state index in [4.69, 9.17) is 132 Å². The number of amidine groups is 4. The summed E-state index contributed by atoms with van der Waals surface area (Å²) in [5.74, 6) is -2.91. The number of rotatable bonds is 13. The van der Waals surface area contributed by atoms with Gasteiger partial charge in [-0.2, -0.15) is 30.2 Å². The van der Waals surface area contributed by atoms with Crippen molar-refractivity contribution in [2.45, 2.75) is 45.0 Å². The number of hydrogen-bond donors (Lipinski definition) is 4. The van der Waals surface area contributed by atoms with E-state index in [0.717, 1.165) is 37.0 Å². The normalized spacial score (nSPS) is 15.8. The summed E-state index contributed by atoms with van der Waals surface area (Å²) >= 11 is 67.9. The molecule has 4 aliphatic heterocycles. The lowest BCUT2D eigenvalue weighted by molar-refractivity contribution is -0.122. The quantitative estimate of drug-likeness (QED) is 0.0835. The highest BCUT2D eigenvalue weighted by molar-refractivity contribution is 6.45. The van der Waals surface area contributed by atoms with Gasteiger partial charge in [-0.05, 0) is 160 Å². The number of anilines is 4. The summed E-state index contributed by atoms with van der Waals surface area (Å²) < 4.78 is 10.1. The number of nitrogens with one attached hydrogen (secondary N) is 4. The van der Waals surface area contributed by atoms with Gasteiger partial charge in [0.1, 0.15) is 22.6 Å². The number of fused-ring (bicyclic) bond motifs is 1. The molecule has 124 heavy (non-hydrogen) atoms. The van der Waals surface area contributed by atoms with Crippen LogP contribution in [0.25, 0.3) is 11.0 Å². The molecule has 0 radical (unpaired) electrons. The van der Waals surface area contributed by atoms with Crippen LogP contribution in [0.3, 0.4) is 0 Å². The van der Waals surface area contributed by atoms with Crippen LogP contribution in [0, 0.1) is 20.8 Å². The van der Waals surface area contributed by atoms with Gasteiger partial charge in [-0.15, -0.1) is 25.5 Å². The molecule has 624 valence electrons. The van der Waals surface area contributed by atoms with Crippen LogP contribution in [-0.2, 0) is 19.2 Å². The lowest BCUT2D eigenvalue weighted by Crippen LogP contribution is -2.44. The highest BCUT2D eigenvalue weighted by Gasteiger charge is 2.46. The van der Waals surface area contributed by atoms with Crippen LogP contribution in [0.4, 0.5) is 22.7 Å². The van der Waals surface area contributed by atoms with Crippen molar-refractivity contribution >= 4 is 232 Å². The second kappa shape index (κ2) is 38.5. The molecule has 8 amide bonds. The molecule has 3 aromatic heterocycles. The molecule has 4 atom stereocenters. The first-order chi connectivity index (χ1) is 59.5. The Morgan fingerprint density at radius 2 is 0.758 bits per heavy atom. The number of ether oxygens (including phenoxy) is 1. The Hall–Kier alpha value is -12.6. The summed E-state index contributed by atoms with van der Waals surface area (Å²) in [5, 5.41) is 52.0. The minimum atomic E-state index is -1.16. The molecule has 10 aromatic carbocycles. The minimum absolute atomic E-state index is 0.0377. The van der Waals surface area contributed by atoms with Crippen molar-refractivity contribution in [1.29, 1.82) is 0 Å². The van der Waals surface area contributed by atoms with Crippen molar-refractivity contribution in [3.63, 3.8) is 0 Å². The number of nitrogens with zero attached hydrogens (tertiary/aromatic N) is 15. The number of carbonyl (C=O) groups excluding carboxylic acids is 8. The van der Waals surface area contributed by atoms with E-state index in [-0.39, 0.29) is 65.7 Å². The van der Waals surface area contributed by atoms with Gasteiger partial charge in [0.2, 0.25) is 6.10 Å². The topological polar surface area (TPSA) is 323 Å². The molecule has 13 aromatic rings. The second-order valence-electron chi connectivity index (χ2n) is 27.0. The molecule has 0 bridgehead atoms. The maximum Gasteiger partial charge on any atom is 0.296 e. The summed E-state index contributed by atoms with van der Waals surface area (Å²) in [5.41, 5.74) is 6.28. The maximum absolute atomic E-state index is 13.6. The molecule has 39 heteroatoms. The summed E-state index contributed by atoms with van der Waals surface area (Å²) in [6, 6.07) is 62.7. The van der Waals surface area contributed by atoms with Gasteiger partial charge in [0, 0.05) is 54.2 Å². The van der Waals surface area contributed by atoms with E-state index >= 15 is 0 Å². The van der Waals surface area contributed by atoms with Crippen LogP contribution < -0.4 is 46.0 Å². The zero-order valence-electron chi connectivity index (χ0n) is 64.0. The molecule has 4 unspecified atom stereocenters. The lowest BCUT2D eigenvalue weighted by Gasteiger charge is -2.17. The number of aryl methyl sites for hydroxylation is 3. The Kier molecular flexibility index (Phi) is 27.2. The number of halogens is 11. The molecule has 0 fully saturated rings. The number of aromatic nitrogens is 7. The van der Waals surface area contributed by atoms with Gasteiger partial charge in [-0.25, -0.2) is 9.36 Å². The first-order valence-electron chi connectivity index (χ1n) is 36.7. The molecule has 0 spiro atoms. The molecule has 0 saturated heterocycles. The molecular weight excluding hydrogens is 1820 g/mol. The number of hydrogen-bond acceptors (Lipinski definition) is 17. The predicted octanol–water partition coefficient (Wildman–Crippen LogP) is 18.5. The van der Waals surface area contributed by atoms with Crippen molar-refractivity contribution in [2.75, 3.05) is 20.0 Å². The van der Waals surface area contributed by atoms with Gasteiger partial charge in [-0.1, -0.05) is 235 Å². The van der Waals surface area contributed by atoms with E-state index in [1.54, 1.807) is 181 Å². The van der Waals surface area contributed by atoms with Crippen molar-refractivity contribution < 1.29 is 43.1 Å². The van der Waals surface area contributed by atoms with Crippen LogP contribution in [0.1, 0.15) is 76.5 Å². The number of para-hydroxylation sites is 1. The van der Waals surface area contributed by atoms with Gasteiger partial charge in [0.15, 0.2) is 41.5 Å². The highest BCUT2D eigenvalue weighted by atomic mass is 35.5. The van der Waals surface area contributed by atoms with Crippen molar-refractivity contribution in [2.24, 2.45) is 20.4 Å². The van der Waals surface area contributed by atoms with Crippen LogP contribution in [-0.4, -0.2) is 111 Å². The Bertz CT molecular complexity index is 6460. The average Bonchev–Trinajstić information content (AvgIpc) is 1.63. The monoisotopic (exact) mass is 1870 g/mol. The fourth-order valence-electron chi connectivity index (χ4n) is 12.7. The van der Waals surface area contributed by atoms with Gasteiger partial charge < -0.3 is 26.0 Å². The summed E-state index contributed by atoms with van der Waals surface area (Å²) in [4.78, 5) is 104. The van der Waals surface area contributed by atoms with Crippen LogP contribution >= 0.6 is 128 Å². The van der Waals surface area contributed by atoms with Crippen molar-refractivity contribution in [3.8, 4) is 5.75 Å². The van der Waals surface area contributed by atoms with Crippen molar-refractivity contribution in [1.82, 2.24) is 55.8 Å². The minimum Gasteiger partial charge on any atom is -0.472 e. The van der Waals surface area contributed by atoms with Crippen molar-refractivity contribution in [3.05, 3.63) is 343 Å². The third-order valence-electron chi connectivity index (χ3n) is 18.4. The summed E-state index contributed by atoms with van der Waals surface area (Å²) in [7, 11) is 0. The highest BCUT2D eigenvalue weighted by Crippen LogP contribution is 2.43. The van der Waals surface area contributed by atoms with Crippen LogP contribution in [0.2, 0.25) is 55.2 Å². The molecule has 0 saturated carbocycles. The molecule has 0 aliphatic carbocycles. The zero-order valence-corrected chi connectivity index (χ0v) is 72.3. The molecular formula is C85H58Cl11N19O9. The Balaban J connectivity index is 0.000000135. The molecule has 28 nitrogen and oxygen atoms in total. The van der Waals surface area contributed by atoms with Gasteiger partial charge >= 0.3 is 0 Å². The largest absolute Gasteiger partial charge is 0.472 e. The fraction of sp³-hybridized carbons (Fsp3) is 0.0824. The van der Waals surface area contributed by atoms with Gasteiger partial charge in [0.05, 0.1) is 63.9 Å². The zero-order chi connectivity index (χ0) is 87.9. The van der Waals surface area contributed by atoms with E-state index < -0.39 is 65.6 Å². The standard InChI is InChI=1S/C23H17Cl2N3O3.C22H13Cl3N6O2.C21H17Cl2N5O2.C19H11Cl4N5O2/c1-14-7-10-17(11-8-14)31-20-21(26-22(29)15-5-3-2-4-6-15)27-28(23(20)30)19-13-16(24)9-12-18(19)25;23-13-10-14(24)18(15(25)11-13)31-22(33)19(30-17-9-5-4-8-16(17)27-29-30)20(28-31)26-21(32)12-6-2-1-3-7-12;1-12-10-13(2)27(25-12)18-19(24-20(29)14-6-4-3-5-7-14)26-28(21(18)30)17-11-15(22)8-9-16(17)23;20-11-6-13(22)15(14(23)7-11)28-19(30)16(27-9-12(21)8-24-27)17(26-28)25-18(29)10-4-2-1-3-5-10/h2-13,20H,1H3,(H,26,27,29);1-11,19H,(H,26,28,32);3-11,18H,1-2H3,(H,24,26,29);1-9,16H,(H,25,26,29). The Morgan fingerprint density at radius 3 is 1.19 bits per heavy atom. The maximum atomic E-state index is 13.6. The first-order valence-corrected chi connectivity index (χ1v) is 40.8.